The van der Waals surface area contributed by atoms with Crippen LogP contribution >= 0.6 is 0 Å². The molecule has 5 nitrogen and oxygen atoms in total. The second kappa shape index (κ2) is 7.08. The lowest BCUT2D eigenvalue weighted by atomic mass is 9.83. The largest absolute Gasteiger partial charge is 0.508 e. The number of hydrogen-bond donors (Lipinski definition) is 2. The molecule has 142 valence electrons. The molecule has 1 aromatic carbocycles. The Bertz CT molecular complexity index is 1040. The Kier molecular flexibility index (Phi) is 4.59. The van der Waals surface area contributed by atoms with E-state index in [4.69, 9.17) is 9.97 Å². The Hall–Kier alpha value is -3.21. The number of carbonyl (C=O) groups is 1. The SMILES string of the molecule is CC(=O)Nc1nc2c(nc1/C=C/C1(C)C=CC=CC1)-c1ccc(O)cc1CC2. The van der Waals surface area contributed by atoms with Crippen molar-refractivity contribution < 1.29 is 9.90 Å². The molecule has 1 unspecified atom stereocenters. The monoisotopic (exact) mass is 373 g/mol. The van der Waals surface area contributed by atoms with Gasteiger partial charge < -0.3 is 10.4 Å². The molecule has 0 saturated carbocycles. The molecule has 4 rings (SSSR count). The van der Waals surface area contributed by atoms with Crippen LogP contribution in [-0.4, -0.2) is 21.0 Å². The van der Waals surface area contributed by atoms with Crippen molar-refractivity contribution in [3.05, 3.63) is 65.5 Å². The molecule has 0 saturated heterocycles. The summed E-state index contributed by atoms with van der Waals surface area (Å²) in [7, 11) is 0. The molecule has 1 amide bonds. The molecule has 0 radical (unpaired) electrons. The molecule has 28 heavy (non-hydrogen) atoms. The molecule has 1 aromatic heterocycles. The summed E-state index contributed by atoms with van der Waals surface area (Å²) in [6.07, 6.45) is 14.9. The normalized spacial score (nSPS) is 20.1. The highest BCUT2D eigenvalue weighted by molar-refractivity contribution is 5.90. The number of hydrogen-bond acceptors (Lipinski definition) is 4. The van der Waals surface area contributed by atoms with Gasteiger partial charge in [0.1, 0.15) is 11.4 Å². The Labute approximate surface area is 164 Å². The molecular formula is C23H23N3O2. The van der Waals surface area contributed by atoms with Gasteiger partial charge >= 0.3 is 0 Å². The Morgan fingerprint density at radius 3 is 2.86 bits per heavy atom. The first-order valence-corrected chi connectivity index (χ1v) is 9.48. The third kappa shape index (κ3) is 3.60. The van der Waals surface area contributed by atoms with Gasteiger partial charge in [0, 0.05) is 17.9 Å². The lowest BCUT2D eigenvalue weighted by molar-refractivity contribution is -0.114. The first-order chi connectivity index (χ1) is 13.4. The van der Waals surface area contributed by atoms with Gasteiger partial charge in [-0.05, 0) is 49.1 Å². The number of benzene rings is 1. The quantitative estimate of drug-likeness (QED) is 0.834. The maximum absolute atomic E-state index is 11.7. The summed E-state index contributed by atoms with van der Waals surface area (Å²) in [5.41, 5.74) is 4.28. The Morgan fingerprint density at radius 2 is 2.11 bits per heavy atom. The van der Waals surface area contributed by atoms with Crippen LogP contribution in [0.2, 0.25) is 0 Å². The molecule has 0 fully saturated rings. The molecule has 1 heterocycles. The number of amides is 1. The first-order valence-electron chi connectivity index (χ1n) is 9.48. The molecule has 0 aliphatic heterocycles. The summed E-state index contributed by atoms with van der Waals surface area (Å²) >= 11 is 0. The van der Waals surface area contributed by atoms with Gasteiger partial charge in [0.05, 0.1) is 11.4 Å². The van der Waals surface area contributed by atoms with E-state index in [9.17, 15) is 9.90 Å². The summed E-state index contributed by atoms with van der Waals surface area (Å²) in [6.45, 7) is 3.63. The van der Waals surface area contributed by atoms with Gasteiger partial charge in [0.25, 0.3) is 0 Å². The number of aryl methyl sites for hydroxylation is 2. The smallest absolute Gasteiger partial charge is 0.222 e. The van der Waals surface area contributed by atoms with Crippen molar-refractivity contribution in [2.75, 3.05) is 5.32 Å². The van der Waals surface area contributed by atoms with Gasteiger partial charge in [0.15, 0.2) is 5.82 Å². The molecule has 2 aromatic rings. The molecule has 0 bridgehead atoms. The number of aromatic nitrogens is 2. The topological polar surface area (TPSA) is 75.1 Å². The highest BCUT2D eigenvalue weighted by Gasteiger charge is 2.23. The van der Waals surface area contributed by atoms with Crippen LogP contribution in [0, 0.1) is 5.41 Å². The van der Waals surface area contributed by atoms with Gasteiger partial charge in [-0.25, -0.2) is 9.97 Å². The highest BCUT2D eigenvalue weighted by atomic mass is 16.3. The summed E-state index contributed by atoms with van der Waals surface area (Å²) in [5, 5.41) is 12.6. The Morgan fingerprint density at radius 1 is 1.25 bits per heavy atom. The van der Waals surface area contributed by atoms with Crippen LogP contribution in [-0.2, 0) is 17.6 Å². The molecule has 2 N–H and O–H groups in total. The highest BCUT2D eigenvalue weighted by Crippen LogP contribution is 2.35. The van der Waals surface area contributed by atoms with E-state index in [-0.39, 0.29) is 17.1 Å². The number of nitrogens with one attached hydrogen (secondary N) is 1. The summed E-state index contributed by atoms with van der Waals surface area (Å²) in [6, 6.07) is 5.35. The van der Waals surface area contributed by atoms with Crippen LogP contribution in [0.1, 0.15) is 37.2 Å². The number of anilines is 1. The van der Waals surface area contributed by atoms with E-state index in [1.165, 1.54) is 6.92 Å². The van der Waals surface area contributed by atoms with Gasteiger partial charge in [-0.2, -0.15) is 0 Å². The third-order valence-corrected chi connectivity index (χ3v) is 5.17. The summed E-state index contributed by atoms with van der Waals surface area (Å²) in [5.74, 6) is 0.579. The maximum atomic E-state index is 11.7. The number of fused-ring (bicyclic) bond motifs is 3. The number of phenolic OH excluding ortho intramolecular Hbond substituents is 1. The number of nitrogens with zero attached hydrogens (tertiary/aromatic N) is 2. The molecule has 0 spiro atoms. The van der Waals surface area contributed by atoms with Gasteiger partial charge in [-0.3, -0.25) is 4.79 Å². The fourth-order valence-electron chi connectivity index (χ4n) is 3.66. The van der Waals surface area contributed by atoms with Crippen LogP contribution in [0.4, 0.5) is 5.82 Å². The maximum Gasteiger partial charge on any atom is 0.222 e. The van der Waals surface area contributed by atoms with Crippen molar-refractivity contribution in [3.8, 4) is 17.0 Å². The minimum absolute atomic E-state index is 0.0937. The fraction of sp³-hybridized carbons (Fsp3) is 0.261. The number of allylic oxidation sites excluding steroid dienone is 5. The number of rotatable bonds is 3. The molecule has 2 aliphatic carbocycles. The van der Waals surface area contributed by atoms with E-state index in [0.29, 0.717) is 11.5 Å². The van der Waals surface area contributed by atoms with E-state index in [2.05, 4.69) is 30.5 Å². The van der Waals surface area contributed by atoms with Crippen molar-refractivity contribution in [1.82, 2.24) is 9.97 Å². The van der Waals surface area contributed by atoms with E-state index < -0.39 is 0 Å². The van der Waals surface area contributed by atoms with Crippen LogP contribution < -0.4 is 5.32 Å². The molecular weight excluding hydrogens is 350 g/mol. The van der Waals surface area contributed by atoms with Gasteiger partial charge in [0.2, 0.25) is 5.91 Å². The Balaban J connectivity index is 1.79. The first kappa shape index (κ1) is 18.2. The zero-order chi connectivity index (χ0) is 19.7. The molecule has 1 atom stereocenters. The zero-order valence-electron chi connectivity index (χ0n) is 16.1. The lowest BCUT2D eigenvalue weighted by Crippen LogP contribution is -2.15. The summed E-state index contributed by atoms with van der Waals surface area (Å²) in [4.78, 5) is 21.3. The van der Waals surface area contributed by atoms with Gasteiger partial charge in [-0.1, -0.05) is 37.3 Å². The molecule has 2 aliphatic rings. The van der Waals surface area contributed by atoms with Crippen LogP contribution in [0.5, 0.6) is 5.75 Å². The second-order valence-corrected chi connectivity index (χ2v) is 7.61. The van der Waals surface area contributed by atoms with E-state index >= 15 is 0 Å². The number of aromatic hydroxyl groups is 1. The average Bonchev–Trinajstić information content (AvgIpc) is 2.66. The van der Waals surface area contributed by atoms with Crippen molar-refractivity contribution in [3.63, 3.8) is 0 Å². The van der Waals surface area contributed by atoms with Crippen LogP contribution in [0.15, 0.2) is 48.6 Å². The van der Waals surface area contributed by atoms with Crippen molar-refractivity contribution >= 4 is 17.8 Å². The molecule has 5 heteroatoms. The van der Waals surface area contributed by atoms with Crippen molar-refractivity contribution in [2.45, 2.75) is 33.1 Å². The number of carbonyl (C=O) groups excluding carboxylic acids is 1. The fourth-order valence-corrected chi connectivity index (χ4v) is 3.66. The second-order valence-electron chi connectivity index (χ2n) is 7.61. The van der Waals surface area contributed by atoms with Gasteiger partial charge in [-0.15, -0.1) is 0 Å². The standard InChI is InChI=1S/C23H23N3O2/c1-15(27)24-22-20(10-13-23(2)11-4-3-5-12-23)25-21-18-8-7-17(28)14-16(18)6-9-19(21)26-22/h3-5,7-8,10-11,13-14,28H,6,9,12H2,1-2H3,(H,24,26,27)/b13-10+. The van der Waals surface area contributed by atoms with E-state index in [1.807, 2.05) is 24.3 Å². The zero-order valence-corrected chi connectivity index (χ0v) is 16.1. The number of phenols is 1. The van der Waals surface area contributed by atoms with Crippen LogP contribution in [0.3, 0.4) is 0 Å². The van der Waals surface area contributed by atoms with Crippen molar-refractivity contribution in [1.29, 1.82) is 0 Å². The minimum atomic E-state index is -0.170. The predicted molar refractivity (Wildman–Crippen MR) is 111 cm³/mol. The minimum Gasteiger partial charge on any atom is -0.508 e. The van der Waals surface area contributed by atoms with Crippen LogP contribution in [0.25, 0.3) is 17.3 Å². The summed E-state index contributed by atoms with van der Waals surface area (Å²) < 4.78 is 0. The van der Waals surface area contributed by atoms with E-state index in [1.54, 1.807) is 12.1 Å². The average molecular weight is 373 g/mol. The van der Waals surface area contributed by atoms with Crippen molar-refractivity contribution in [2.24, 2.45) is 5.41 Å². The lowest BCUT2D eigenvalue weighted by Gasteiger charge is -2.23. The predicted octanol–water partition coefficient (Wildman–Crippen LogP) is 4.44. The van der Waals surface area contributed by atoms with E-state index in [0.717, 1.165) is 41.8 Å². The third-order valence-electron chi connectivity index (χ3n) is 5.17.